The van der Waals surface area contributed by atoms with E-state index >= 15 is 0 Å². The van der Waals surface area contributed by atoms with Gasteiger partial charge in [0.25, 0.3) is 5.91 Å². The first kappa shape index (κ1) is 28.0. The monoisotopic (exact) mass is 506 g/mol. The van der Waals surface area contributed by atoms with E-state index < -0.39 is 11.6 Å². The predicted molar refractivity (Wildman–Crippen MR) is 140 cm³/mol. The minimum atomic E-state index is -0.676. The van der Waals surface area contributed by atoms with Gasteiger partial charge in [0.05, 0.1) is 0 Å². The smallest absolute Gasteiger partial charge is 0.261 e. The minimum Gasteiger partial charge on any atom is -0.484 e. The molecule has 0 heterocycles. The molecule has 1 N–H and O–H groups in total. The summed E-state index contributed by atoms with van der Waals surface area (Å²) in [6.07, 6.45) is 0.444. The van der Waals surface area contributed by atoms with Crippen molar-refractivity contribution in [1.82, 2.24) is 10.2 Å². The van der Waals surface area contributed by atoms with Gasteiger partial charge in [0, 0.05) is 22.1 Å². The Labute approximate surface area is 213 Å². The molecule has 0 saturated carbocycles. The summed E-state index contributed by atoms with van der Waals surface area (Å²) in [6, 6.07) is 12.2. The summed E-state index contributed by atoms with van der Waals surface area (Å²) in [7, 11) is 0. The molecule has 0 aromatic heterocycles. The second-order valence-corrected chi connectivity index (χ2v) is 11.3. The Balaban J connectivity index is 2.26. The average Bonchev–Trinajstić information content (AvgIpc) is 2.71. The molecule has 0 aliphatic rings. The maximum atomic E-state index is 13.3. The number of nitrogens with one attached hydrogen (secondary N) is 1. The van der Waals surface area contributed by atoms with Crippen LogP contribution in [0.15, 0.2) is 42.5 Å². The van der Waals surface area contributed by atoms with Crippen LogP contribution in [0.5, 0.6) is 5.75 Å². The van der Waals surface area contributed by atoms with Gasteiger partial charge in [0.1, 0.15) is 11.8 Å². The molecule has 0 spiro atoms. The van der Waals surface area contributed by atoms with Gasteiger partial charge in [-0.15, -0.1) is 0 Å². The van der Waals surface area contributed by atoms with E-state index in [1.165, 1.54) is 10.5 Å². The zero-order valence-corrected chi connectivity index (χ0v) is 22.7. The second-order valence-electron chi connectivity index (χ2n) is 10.5. The number of benzene rings is 2. The van der Waals surface area contributed by atoms with Gasteiger partial charge in [-0.05, 0) is 68.0 Å². The van der Waals surface area contributed by atoms with Crippen LogP contribution in [0.1, 0.15) is 66.0 Å². The molecule has 0 aliphatic carbocycles. The van der Waals surface area contributed by atoms with E-state index in [0.29, 0.717) is 27.8 Å². The molecule has 186 valence electrons. The van der Waals surface area contributed by atoms with Crippen LogP contribution in [-0.4, -0.2) is 34.9 Å². The van der Waals surface area contributed by atoms with Gasteiger partial charge in [-0.25, -0.2) is 0 Å². The Hall–Kier alpha value is -2.24. The molecule has 2 aromatic carbocycles. The van der Waals surface area contributed by atoms with Crippen LogP contribution in [0.2, 0.25) is 10.0 Å². The maximum absolute atomic E-state index is 13.3. The van der Waals surface area contributed by atoms with Gasteiger partial charge in [-0.1, -0.05) is 69.1 Å². The molecule has 0 aliphatic heterocycles. The SMILES string of the molecule is CCC(C(=O)NC(C)(C)C)N(Cc1ccc(Cl)cc1Cl)C(=O)COc1ccc(C(C)(C)C)cc1. The van der Waals surface area contributed by atoms with E-state index in [1.807, 2.05) is 52.0 Å². The van der Waals surface area contributed by atoms with Crippen molar-refractivity contribution in [2.24, 2.45) is 0 Å². The standard InChI is InChI=1S/C27H36Cl2N2O3/c1-8-23(25(33)30-27(5,6)7)31(16-18-9-12-20(28)15-22(18)29)24(32)17-34-21-13-10-19(11-14-21)26(2,3)4/h9-15,23H,8,16-17H2,1-7H3,(H,30,33). The van der Waals surface area contributed by atoms with Crippen LogP contribution < -0.4 is 10.1 Å². The summed E-state index contributed by atoms with van der Waals surface area (Å²) in [4.78, 5) is 27.9. The van der Waals surface area contributed by atoms with Crippen molar-refractivity contribution in [2.75, 3.05) is 6.61 Å². The van der Waals surface area contributed by atoms with E-state index in [4.69, 9.17) is 27.9 Å². The van der Waals surface area contributed by atoms with Gasteiger partial charge >= 0.3 is 0 Å². The molecule has 0 fully saturated rings. The number of hydrogen-bond acceptors (Lipinski definition) is 3. The molecule has 34 heavy (non-hydrogen) atoms. The van der Waals surface area contributed by atoms with E-state index in [2.05, 4.69) is 26.1 Å². The Bertz CT molecular complexity index is 992. The highest BCUT2D eigenvalue weighted by molar-refractivity contribution is 6.35. The van der Waals surface area contributed by atoms with Crippen LogP contribution in [-0.2, 0) is 21.5 Å². The van der Waals surface area contributed by atoms with Crippen molar-refractivity contribution in [1.29, 1.82) is 0 Å². The Morgan fingerprint density at radius 2 is 1.62 bits per heavy atom. The number of rotatable bonds is 8. The first-order chi connectivity index (χ1) is 15.7. The lowest BCUT2D eigenvalue weighted by molar-refractivity contribution is -0.143. The van der Waals surface area contributed by atoms with Crippen LogP contribution >= 0.6 is 23.2 Å². The number of hydrogen-bond donors (Lipinski definition) is 1. The van der Waals surface area contributed by atoms with Gasteiger partial charge in [-0.2, -0.15) is 0 Å². The molecule has 0 radical (unpaired) electrons. The van der Waals surface area contributed by atoms with Crippen molar-refractivity contribution in [3.05, 3.63) is 63.6 Å². The van der Waals surface area contributed by atoms with Crippen LogP contribution in [0, 0.1) is 0 Å². The van der Waals surface area contributed by atoms with Gasteiger partial charge in [-0.3, -0.25) is 9.59 Å². The quantitative estimate of drug-likeness (QED) is 0.450. The van der Waals surface area contributed by atoms with Crippen LogP contribution in [0.4, 0.5) is 0 Å². The minimum absolute atomic E-state index is 0.0256. The first-order valence-corrected chi connectivity index (χ1v) is 12.3. The molecule has 1 atom stereocenters. The van der Waals surface area contributed by atoms with Gasteiger partial charge in [0.2, 0.25) is 5.91 Å². The molecule has 2 amide bonds. The molecule has 5 nitrogen and oxygen atoms in total. The number of carbonyl (C=O) groups excluding carboxylic acids is 2. The molecule has 2 rings (SSSR count). The predicted octanol–water partition coefficient (Wildman–Crippen LogP) is 6.39. The fraction of sp³-hybridized carbons (Fsp3) is 0.481. The summed E-state index contributed by atoms with van der Waals surface area (Å²) in [5.41, 5.74) is 1.48. The Morgan fingerprint density at radius 1 is 1.00 bits per heavy atom. The summed E-state index contributed by atoms with van der Waals surface area (Å²) in [5, 5.41) is 3.93. The zero-order valence-electron chi connectivity index (χ0n) is 21.2. The third kappa shape index (κ3) is 8.21. The van der Waals surface area contributed by atoms with E-state index in [9.17, 15) is 9.59 Å². The van der Waals surface area contributed by atoms with Gasteiger partial charge in [0.15, 0.2) is 6.61 Å². The first-order valence-electron chi connectivity index (χ1n) is 11.5. The molecule has 2 aromatic rings. The summed E-state index contributed by atoms with van der Waals surface area (Å²) in [6.45, 7) is 14.0. The summed E-state index contributed by atoms with van der Waals surface area (Å²) < 4.78 is 5.80. The Morgan fingerprint density at radius 3 is 2.12 bits per heavy atom. The number of amides is 2. The number of halogens is 2. The lowest BCUT2D eigenvalue weighted by Crippen LogP contribution is -2.54. The highest BCUT2D eigenvalue weighted by Gasteiger charge is 2.31. The fourth-order valence-corrected chi connectivity index (χ4v) is 3.95. The summed E-state index contributed by atoms with van der Waals surface area (Å²) in [5.74, 6) is 0.0720. The fourth-order valence-electron chi connectivity index (χ4n) is 3.48. The third-order valence-corrected chi connectivity index (χ3v) is 5.91. The normalized spacial score (nSPS) is 12.7. The zero-order chi connectivity index (χ0) is 25.7. The number of nitrogens with zero attached hydrogens (tertiary/aromatic N) is 1. The summed E-state index contributed by atoms with van der Waals surface area (Å²) >= 11 is 12.4. The van der Waals surface area contributed by atoms with Crippen LogP contribution in [0.3, 0.4) is 0 Å². The van der Waals surface area contributed by atoms with E-state index in [1.54, 1.807) is 18.2 Å². The molecular formula is C27H36Cl2N2O3. The van der Waals surface area contributed by atoms with Crippen molar-refractivity contribution >= 4 is 35.0 Å². The molecule has 0 bridgehead atoms. The van der Waals surface area contributed by atoms with Crippen molar-refractivity contribution in [3.8, 4) is 5.75 Å². The highest BCUT2D eigenvalue weighted by atomic mass is 35.5. The third-order valence-electron chi connectivity index (χ3n) is 5.32. The van der Waals surface area contributed by atoms with Crippen molar-refractivity contribution < 1.29 is 14.3 Å². The van der Waals surface area contributed by atoms with E-state index in [-0.39, 0.29) is 30.4 Å². The molecule has 1 unspecified atom stereocenters. The number of ether oxygens (including phenoxy) is 1. The number of carbonyl (C=O) groups is 2. The largest absolute Gasteiger partial charge is 0.484 e. The average molecular weight is 508 g/mol. The highest BCUT2D eigenvalue weighted by Crippen LogP contribution is 2.26. The maximum Gasteiger partial charge on any atom is 0.261 e. The van der Waals surface area contributed by atoms with Crippen molar-refractivity contribution in [2.45, 2.75) is 78.4 Å². The topological polar surface area (TPSA) is 58.6 Å². The molecular weight excluding hydrogens is 471 g/mol. The molecule has 0 saturated heterocycles. The lowest BCUT2D eigenvalue weighted by Gasteiger charge is -2.33. The van der Waals surface area contributed by atoms with Gasteiger partial charge < -0.3 is 15.0 Å². The Kier molecular flexibility index (Phi) is 9.44. The van der Waals surface area contributed by atoms with Crippen LogP contribution in [0.25, 0.3) is 0 Å². The second kappa shape index (κ2) is 11.5. The molecule has 7 heteroatoms. The van der Waals surface area contributed by atoms with Crippen molar-refractivity contribution in [3.63, 3.8) is 0 Å². The van der Waals surface area contributed by atoms with E-state index in [0.717, 1.165) is 0 Å². The lowest BCUT2D eigenvalue weighted by atomic mass is 9.87.